The fourth-order valence-corrected chi connectivity index (χ4v) is 5.44. The zero-order valence-corrected chi connectivity index (χ0v) is 31.6. The lowest BCUT2D eigenvalue weighted by atomic mass is 9.91. The smallest absolute Gasteiger partial charge is 0.341 e. The lowest BCUT2D eigenvalue weighted by molar-refractivity contribution is -0.0992. The van der Waals surface area contributed by atoms with Gasteiger partial charge in [-0.3, -0.25) is 9.59 Å². The predicted octanol–water partition coefficient (Wildman–Crippen LogP) is 10.1. The van der Waals surface area contributed by atoms with Crippen LogP contribution in [0.25, 0.3) is 11.1 Å². The Morgan fingerprint density at radius 3 is 1.47 bits per heavy atom. The predicted molar refractivity (Wildman–Crippen MR) is 204 cm³/mol. The third-order valence-electron chi connectivity index (χ3n) is 8.53. The van der Waals surface area contributed by atoms with Crippen LogP contribution in [0, 0.1) is 6.92 Å². The lowest BCUT2D eigenvalue weighted by Crippen LogP contribution is -2.21. The molecule has 0 aromatic heterocycles. The molecule has 0 saturated carbocycles. The molecule has 4 aromatic rings. The number of carbonyl (C=O) groups excluding carboxylic acids is 4. The van der Waals surface area contributed by atoms with Crippen LogP contribution in [0.1, 0.15) is 119 Å². The summed E-state index contributed by atoms with van der Waals surface area (Å²) in [6, 6.07) is 24.6. The molecule has 2 unspecified atom stereocenters. The molecule has 0 aliphatic carbocycles. The SMILES string of the molecule is CCCCOC(C)OC(=O)c1ccc(-c2ccc(C(=O)OC(C)OCCCC)c(C(=O)Cc3ccc(Oc4ccc(C)cc4)cc3)c2)cc1C(=O)CC. The van der Waals surface area contributed by atoms with Gasteiger partial charge in [-0.2, -0.15) is 0 Å². The van der Waals surface area contributed by atoms with E-state index in [0.717, 1.165) is 36.8 Å². The zero-order chi connectivity index (χ0) is 38.3. The van der Waals surface area contributed by atoms with E-state index in [2.05, 4.69) is 0 Å². The summed E-state index contributed by atoms with van der Waals surface area (Å²) in [4.78, 5) is 53.7. The van der Waals surface area contributed by atoms with Crippen molar-refractivity contribution in [3.05, 3.63) is 118 Å². The van der Waals surface area contributed by atoms with E-state index in [-0.39, 0.29) is 46.7 Å². The van der Waals surface area contributed by atoms with Gasteiger partial charge in [0.05, 0.1) is 24.3 Å². The molecule has 0 amide bonds. The minimum atomic E-state index is -0.813. The van der Waals surface area contributed by atoms with Crippen LogP contribution >= 0.6 is 0 Å². The Kier molecular flexibility index (Phi) is 15.5. The zero-order valence-electron chi connectivity index (χ0n) is 31.6. The molecule has 9 nitrogen and oxygen atoms in total. The van der Waals surface area contributed by atoms with Crippen molar-refractivity contribution in [3.8, 4) is 22.6 Å². The van der Waals surface area contributed by atoms with Gasteiger partial charge in [0, 0.05) is 24.0 Å². The van der Waals surface area contributed by atoms with Gasteiger partial charge in [-0.25, -0.2) is 9.59 Å². The fraction of sp³-hybridized carbons (Fsp3) is 0.364. The number of aryl methyl sites for hydroxylation is 1. The van der Waals surface area contributed by atoms with E-state index < -0.39 is 24.5 Å². The number of ether oxygens (including phenoxy) is 5. The molecule has 0 N–H and O–H groups in total. The summed E-state index contributed by atoms with van der Waals surface area (Å²) in [6.07, 6.45) is 2.09. The first-order chi connectivity index (χ1) is 25.5. The molecule has 280 valence electrons. The van der Waals surface area contributed by atoms with E-state index in [1.54, 1.807) is 69.3 Å². The van der Waals surface area contributed by atoms with E-state index in [0.29, 0.717) is 35.8 Å². The van der Waals surface area contributed by atoms with Crippen molar-refractivity contribution in [2.45, 2.75) is 92.6 Å². The third-order valence-corrected chi connectivity index (χ3v) is 8.53. The number of unbranched alkanes of at least 4 members (excludes halogenated alkanes) is 2. The second-order valence-corrected chi connectivity index (χ2v) is 12.9. The summed E-state index contributed by atoms with van der Waals surface area (Å²) in [6.45, 7) is 12.0. The Morgan fingerprint density at radius 1 is 0.566 bits per heavy atom. The first-order valence-electron chi connectivity index (χ1n) is 18.4. The van der Waals surface area contributed by atoms with Crippen LogP contribution in [0.2, 0.25) is 0 Å². The highest BCUT2D eigenvalue weighted by Gasteiger charge is 2.24. The topological polar surface area (TPSA) is 114 Å². The van der Waals surface area contributed by atoms with E-state index in [1.165, 1.54) is 0 Å². The van der Waals surface area contributed by atoms with Crippen molar-refractivity contribution in [2.24, 2.45) is 0 Å². The number of hydrogen-bond donors (Lipinski definition) is 0. The Morgan fingerprint density at radius 2 is 1.02 bits per heavy atom. The summed E-state index contributed by atoms with van der Waals surface area (Å²) < 4.78 is 28.2. The molecule has 53 heavy (non-hydrogen) atoms. The summed E-state index contributed by atoms with van der Waals surface area (Å²) in [7, 11) is 0. The van der Waals surface area contributed by atoms with E-state index in [9.17, 15) is 19.2 Å². The number of Topliss-reactive ketones (excluding diaryl/α,β-unsaturated/α-hetero) is 2. The molecule has 0 aliphatic heterocycles. The number of rotatable bonds is 20. The van der Waals surface area contributed by atoms with Crippen molar-refractivity contribution in [1.29, 1.82) is 0 Å². The first-order valence-corrected chi connectivity index (χ1v) is 18.4. The van der Waals surface area contributed by atoms with Gasteiger partial charge in [-0.15, -0.1) is 0 Å². The molecule has 0 radical (unpaired) electrons. The molecule has 0 saturated heterocycles. The number of carbonyl (C=O) groups is 4. The van der Waals surface area contributed by atoms with Crippen LogP contribution < -0.4 is 4.74 Å². The van der Waals surface area contributed by atoms with Crippen LogP contribution in [0.5, 0.6) is 11.5 Å². The minimum Gasteiger partial charge on any atom is -0.457 e. The number of hydrogen-bond acceptors (Lipinski definition) is 9. The van der Waals surface area contributed by atoms with Gasteiger partial charge in [0.1, 0.15) is 11.5 Å². The van der Waals surface area contributed by atoms with Crippen molar-refractivity contribution >= 4 is 23.5 Å². The summed E-state index contributed by atoms with van der Waals surface area (Å²) >= 11 is 0. The van der Waals surface area contributed by atoms with Crippen LogP contribution in [-0.4, -0.2) is 49.3 Å². The summed E-state index contributed by atoms with van der Waals surface area (Å²) in [5.41, 5.74) is 3.55. The highest BCUT2D eigenvalue weighted by Crippen LogP contribution is 2.29. The van der Waals surface area contributed by atoms with E-state index in [1.807, 2.05) is 57.2 Å². The molecule has 9 heteroatoms. The second-order valence-electron chi connectivity index (χ2n) is 12.9. The Labute approximate surface area is 312 Å². The van der Waals surface area contributed by atoms with Gasteiger partial charge >= 0.3 is 11.9 Å². The molecule has 0 fully saturated rings. The number of benzene rings is 4. The maximum absolute atomic E-state index is 14.0. The molecule has 0 spiro atoms. The molecule has 4 aromatic carbocycles. The van der Waals surface area contributed by atoms with Gasteiger partial charge in [0.25, 0.3) is 0 Å². The van der Waals surface area contributed by atoms with Gasteiger partial charge in [0.15, 0.2) is 24.1 Å². The van der Waals surface area contributed by atoms with Crippen LogP contribution in [0.3, 0.4) is 0 Å². The van der Waals surface area contributed by atoms with Crippen LogP contribution in [0.15, 0.2) is 84.9 Å². The van der Waals surface area contributed by atoms with Gasteiger partial charge in [-0.05, 0) is 98.8 Å². The molecule has 0 bridgehead atoms. The highest BCUT2D eigenvalue weighted by molar-refractivity contribution is 6.09. The third kappa shape index (κ3) is 12.0. The number of ketones is 2. The van der Waals surface area contributed by atoms with E-state index in [4.69, 9.17) is 23.7 Å². The van der Waals surface area contributed by atoms with Gasteiger partial charge in [0.2, 0.25) is 0 Å². The quantitative estimate of drug-likeness (QED) is 0.0380. The Bertz CT molecular complexity index is 1840. The van der Waals surface area contributed by atoms with Gasteiger partial charge in [-0.1, -0.05) is 75.6 Å². The minimum absolute atomic E-state index is 0.0000405. The molecule has 0 aliphatic rings. The number of esters is 2. The largest absolute Gasteiger partial charge is 0.457 e. The Balaban J connectivity index is 1.64. The van der Waals surface area contributed by atoms with E-state index >= 15 is 0 Å². The van der Waals surface area contributed by atoms with Gasteiger partial charge < -0.3 is 23.7 Å². The molecule has 0 heterocycles. The summed E-state index contributed by atoms with van der Waals surface area (Å²) in [5, 5.41) is 0. The van der Waals surface area contributed by atoms with Crippen LogP contribution in [0.4, 0.5) is 0 Å². The Hall–Kier alpha value is -5.12. The molecular formula is C44H50O9. The lowest BCUT2D eigenvalue weighted by Gasteiger charge is -2.17. The summed E-state index contributed by atoms with van der Waals surface area (Å²) in [5.74, 6) is -0.601. The molecular weight excluding hydrogens is 672 g/mol. The maximum Gasteiger partial charge on any atom is 0.341 e. The average molecular weight is 723 g/mol. The fourth-order valence-electron chi connectivity index (χ4n) is 5.44. The van der Waals surface area contributed by atoms with Crippen LogP contribution in [-0.2, 0) is 25.4 Å². The highest BCUT2D eigenvalue weighted by atomic mass is 16.7. The van der Waals surface area contributed by atoms with Crippen molar-refractivity contribution in [3.63, 3.8) is 0 Å². The standard InChI is InChI=1S/C44H50O9/c1-7-10-24-49-30(5)51-43(47)37-22-16-33(27-39(37)41(45)9-3)34-17-23-38(44(48)52-31(6)50-25-11-8-2)40(28-34)42(46)26-32-14-20-36(21-15-32)53-35-18-12-29(4)13-19-35/h12-23,27-28,30-31H,7-11,24-26H2,1-6H3. The normalized spacial score (nSPS) is 12.1. The maximum atomic E-state index is 14.0. The van der Waals surface area contributed by atoms with Crippen molar-refractivity contribution in [1.82, 2.24) is 0 Å². The molecule has 4 rings (SSSR count). The monoisotopic (exact) mass is 722 g/mol. The van der Waals surface area contributed by atoms with Crippen molar-refractivity contribution < 1.29 is 42.9 Å². The molecule has 2 atom stereocenters. The average Bonchev–Trinajstić information content (AvgIpc) is 3.15. The second kappa shape index (κ2) is 20.2. The van der Waals surface area contributed by atoms with Crippen molar-refractivity contribution in [2.75, 3.05) is 13.2 Å². The first kappa shape index (κ1) is 40.6.